The van der Waals surface area contributed by atoms with E-state index in [1.807, 2.05) is 4.90 Å². The van der Waals surface area contributed by atoms with Gasteiger partial charge >= 0.3 is 18.3 Å². The average molecular weight is 1100 g/mol. The van der Waals surface area contributed by atoms with Crippen LogP contribution in [-0.4, -0.2) is 138 Å². The number of fused-ring (bicyclic) bond motifs is 4. The number of anilines is 3. The Labute approximate surface area is 459 Å². The Balaban J connectivity index is 0.999. The van der Waals surface area contributed by atoms with Gasteiger partial charge in [0.2, 0.25) is 5.91 Å². The number of nitrogens with one attached hydrogen (secondary N) is 2. The van der Waals surface area contributed by atoms with E-state index in [1.54, 1.807) is 81.1 Å². The summed E-state index contributed by atoms with van der Waals surface area (Å²) in [6.45, 7) is 22.9. The van der Waals surface area contributed by atoms with Gasteiger partial charge in [0.1, 0.15) is 24.9 Å². The van der Waals surface area contributed by atoms with Gasteiger partial charge in [0.15, 0.2) is 37.5 Å². The van der Waals surface area contributed by atoms with Crippen LogP contribution >= 0.6 is 0 Å². The van der Waals surface area contributed by atoms with Crippen LogP contribution in [0.2, 0.25) is 18.1 Å². The second-order valence-electron chi connectivity index (χ2n) is 22.5. The second kappa shape index (κ2) is 24.8. The van der Waals surface area contributed by atoms with Crippen molar-refractivity contribution < 1.29 is 66.4 Å². The Kier molecular flexibility index (Phi) is 18.6. The summed E-state index contributed by atoms with van der Waals surface area (Å²) in [6, 6.07) is 11.9. The molecule has 21 heteroatoms. The number of methoxy groups -OCH3 is 2. The van der Waals surface area contributed by atoms with Gasteiger partial charge in [-0.05, 0) is 121 Å². The molecular formula is C57H78N6O14Si. The van der Waals surface area contributed by atoms with Crippen LogP contribution < -0.4 is 39.4 Å². The lowest BCUT2D eigenvalue weighted by atomic mass is 10.1. The van der Waals surface area contributed by atoms with E-state index in [0.717, 1.165) is 19.3 Å². The minimum Gasteiger partial charge on any atom is -0.493 e. The molecule has 4 heterocycles. The highest BCUT2D eigenvalue weighted by Crippen LogP contribution is 2.46. The lowest BCUT2D eigenvalue weighted by Gasteiger charge is -2.44. The maximum absolute atomic E-state index is 14.4. The van der Waals surface area contributed by atoms with Crippen molar-refractivity contribution in [1.82, 2.24) is 15.1 Å². The van der Waals surface area contributed by atoms with E-state index < -0.39 is 56.4 Å². The average Bonchev–Trinajstić information content (AvgIpc) is 4.26. The van der Waals surface area contributed by atoms with E-state index in [2.05, 4.69) is 51.1 Å². The fourth-order valence-electron chi connectivity index (χ4n) is 9.61. The third-order valence-electron chi connectivity index (χ3n) is 14.7. The molecule has 3 aromatic rings. The molecule has 4 aliphatic heterocycles. The first-order chi connectivity index (χ1) is 36.9. The SMILES string of the molecule is C=CCOC(=O)N1c2cc(OCCCCCOc3cc4c(cc3OC)C(=O)N3CCC[C@H]3CN4C(=O)OCc3ccc(NC(=O)[C@H](C)NC(=O)OC(C)(C)C)cc3)c(OC)cc2C(=O)N2CCC[C@H]2C1O[Si](C)(C)C(C)(C)C. The predicted molar refractivity (Wildman–Crippen MR) is 296 cm³/mol. The smallest absolute Gasteiger partial charge is 0.416 e. The summed E-state index contributed by atoms with van der Waals surface area (Å²) in [5.74, 6) is 0.510. The standard InChI is InChI=1S/C57H78N6O14Si/c1-13-27-74-55(69)63-44-33-48(46(71-10)31-41(44)51(66)61-26-18-20-42(61)52(63)77-78(11,12)57(6,7)8)73-29-16-14-15-28-72-47-32-43-40(30-45(47)70-9)50(65)60-25-17-19-39(60)34-62(43)54(68)75-35-37-21-23-38(24-22-37)59-49(64)36(2)58-53(67)76-56(3,4)5/h13,21-24,30-33,36,39,42,52H,1,14-20,25-29,34-35H2,2-12H3,(H,58,67)(H,59,64)/t36-,39-,42-,52?/m0/s1. The third kappa shape index (κ3) is 13.6. The molecule has 0 spiro atoms. The molecule has 3 aromatic carbocycles. The number of amides is 6. The second-order valence-corrected chi connectivity index (χ2v) is 27.3. The van der Waals surface area contributed by atoms with Gasteiger partial charge in [-0.15, -0.1) is 0 Å². The molecule has 424 valence electrons. The predicted octanol–water partition coefficient (Wildman–Crippen LogP) is 10.0. The quantitative estimate of drug-likeness (QED) is 0.0495. The molecule has 0 aromatic heterocycles. The minimum atomic E-state index is -2.52. The normalized spacial score (nSPS) is 18.5. The number of alkyl carbamates (subject to hydrolysis) is 1. The zero-order chi connectivity index (χ0) is 56.7. The highest BCUT2D eigenvalue weighted by Gasteiger charge is 2.51. The summed E-state index contributed by atoms with van der Waals surface area (Å²) in [7, 11) is 0.487. The van der Waals surface area contributed by atoms with Crippen molar-refractivity contribution in [1.29, 1.82) is 0 Å². The van der Waals surface area contributed by atoms with Crippen molar-refractivity contribution in [3.63, 3.8) is 0 Å². The number of nitrogens with zero attached hydrogens (tertiary/aromatic N) is 4. The first kappa shape index (κ1) is 58.7. The van der Waals surface area contributed by atoms with E-state index >= 15 is 0 Å². The van der Waals surface area contributed by atoms with Gasteiger partial charge in [0.05, 0.1) is 62.0 Å². The minimum absolute atomic E-state index is 0.0294. The third-order valence-corrected chi connectivity index (χ3v) is 19.2. The number of carbonyl (C=O) groups is 6. The monoisotopic (exact) mass is 1100 g/mol. The summed E-state index contributed by atoms with van der Waals surface area (Å²) in [5, 5.41) is 5.09. The van der Waals surface area contributed by atoms with Crippen LogP contribution in [0.15, 0.2) is 61.2 Å². The van der Waals surface area contributed by atoms with Gasteiger partial charge in [-0.25, -0.2) is 19.3 Å². The fraction of sp³-hybridized carbons (Fsp3) is 0.544. The fourth-order valence-corrected chi connectivity index (χ4v) is 10.8. The van der Waals surface area contributed by atoms with Crippen LogP contribution in [0.4, 0.5) is 31.4 Å². The van der Waals surface area contributed by atoms with Gasteiger partial charge in [0.25, 0.3) is 11.8 Å². The van der Waals surface area contributed by atoms with E-state index in [9.17, 15) is 28.8 Å². The van der Waals surface area contributed by atoms with Gasteiger partial charge < -0.3 is 58.0 Å². The van der Waals surface area contributed by atoms with Crippen LogP contribution in [0.5, 0.6) is 23.0 Å². The molecule has 0 radical (unpaired) electrons. The summed E-state index contributed by atoms with van der Waals surface area (Å²) in [4.78, 5) is 88.1. The number of hydrogen-bond acceptors (Lipinski definition) is 14. The zero-order valence-corrected chi connectivity index (χ0v) is 48.1. The van der Waals surface area contributed by atoms with Gasteiger partial charge in [-0.3, -0.25) is 19.3 Å². The lowest BCUT2D eigenvalue weighted by Crippen LogP contribution is -2.58. The lowest BCUT2D eigenvalue weighted by molar-refractivity contribution is -0.117. The van der Waals surface area contributed by atoms with Crippen molar-refractivity contribution in [3.05, 3.63) is 77.9 Å². The van der Waals surface area contributed by atoms with Crippen LogP contribution in [0.1, 0.15) is 120 Å². The van der Waals surface area contributed by atoms with Crippen molar-refractivity contribution >= 4 is 61.4 Å². The maximum atomic E-state index is 14.4. The Morgan fingerprint density at radius 2 is 1.36 bits per heavy atom. The largest absolute Gasteiger partial charge is 0.493 e. The van der Waals surface area contributed by atoms with Crippen molar-refractivity contribution in [2.75, 3.05) is 68.8 Å². The Morgan fingerprint density at radius 3 is 1.96 bits per heavy atom. The van der Waals surface area contributed by atoms with E-state index in [1.165, 1.54) is 30.1 Å². The molecule has 4 aliphatic rings. The Morgan fingerprint density at radius 1 is 0.769 bits per heavy atom. The van der Waals surface area contributed by atoms with Gasteiger partial charge in [-0.1, -0.05) is 45.6 Å². The van der Waals surface area contributed by atoms with E-state index in [0.29, 0.717) is 90.0 Å². The summed E-state index contributed by atoms with van der Waals surface area (Å²) < 4.78 is 48.0. The molecule has 2 saturated heterocycles. The highest BCUT2D eigenvalue weighted by molar-refractivity contribution is 6.74. The summed E-state index contributed by atoms with van der Waals surface area (Å²) in [6.07, 6.45) is 3.53. The zero-order valence-electron chi connectivity index (χ0n) is 47.1. The topological polar surface area (TPSA) is 213 Å². The molecule has 0 aliphatic carbocycles. The molecule has 7 rings (SSSR count). The van der Waals surface area contributed by atoms with Crippen molar-refractivity contribution in [2.45, 2.75) is 148 Å². The maximum Gasteiger partial charge on any atom is 0.416 e. The van der Waals surface area contributed by atoms with Gasteiger partial charge in [0, 0.05) is 37.5 Å². The highest BCUT2D eigenvalue weighted by atomic mass is 28.4. The number of carbonyl (C=O) groups excluding carboxylic acids is 6. The molecule has 4 atom stereocenters. The number of hydrogen-bond donors (Lipinski definition) is 2. The van der Waals surface area contributed by atoms with E-state index in [4.69, 9.17) is 37.6 Å². The number of ether oxygens (including phenoxy) is 7. The molecule has 0 bridgehead atoms. The molecular weight excluding hydrogens is 1020 g/mol. The number of unbranched alkanes of at least 4 members (excludes halogenated alkanes) is 2. The molecule has 1 unspecified atom stereocenters. The molecule has 78 heavy (non-hydrogen) atoms. The van der Waals surface area contributed by atoms with Crippen LogP contribution in [0, 0.1) is 0 Å². The first-order valence-electron chi connectivity index (χ1n) is 26.8. The van der Waals surface area contributed by atoms with Crippen molar-refractivity contribution in [2.24, 2.45) is 0 Å². The van der Waals surface area contributed by atoms with Gasteiger partial charge in [-0.2, -0.15) is 0 Å². The number of rotatable bonds is 19. The van der Waals surface area contributed by atoms with Crippen LogP contribution in [0.3, 0.4) is 0 Å². The summed E-state index contributed by atoms with van der Waals surface area (Å²) in [5.41, 5.74) is 1.66. The molecule has 2 fully saturated rings. The van der Waals surface area contributed by atoms with E-state index in [-0.39, 0.29) is 61.4 Å². The summed E-state index contributed by atoms with van der Waals surface area (Å²) >= 11 is 0. The molecule has 6 amide bonds. The molecule has 20 nitrogen and oxygen atoms in total. The molecule has 2 N–H and O–H groups in total. The number of benzene rings is 3. The molecule has 0 saturated carbocycles. The Bertz CT molecular complexity index is 2700. The first-order valence-corrected chi connectivity index (χ1v) is 29.8. The van der Waals surface area contributed by atoms with Crippen LogP contribution in [-0.2, 0) is 30.0 Å². The van der Waals surface area contributed by atoms with Crippen molar-refractivity contribution in [3.8, 4) is 23.0 Å². The van der Waals surface area contributed by atoms with Crippen LogP contribution in [0.25, 0.3) is 0 Å². The Hall–Kier alpha value is -7.00.